The minimum atomic E-state index is -4.53. The maximum atomic E-state index is 12.8. The lowest BCUT2D eigenvalue weighted by molar-refractivity contribution is -0.142. The molecule has 138 valence electrons. The molecule has 2 rings (SSSR count). The first-order valence-corrected chi connectivity index (χ1v) is 7.95. The topological polar surface area (TPSA) is 56.0 Å². The molecule has 0 saturated carbocycles. The molecular weight excluding hydrogens is 335 g/mol. The van der Waals surface area contributed by atoms with Gasteiger partial charge in [-0.2, -0.15) is 23.4 Å². The second-order valence-corrected chi connectivity index (χ2v) is 6.08. The fourth-order valence-electron chi connectivity index (χ4n) is 2.65. The number of halogens is 3. The summed E-state index contributed by atoms with van der Waals surface area (Å²) in [5.41, 5.74) is 1.02. The first-order chi connectivity index (χ1) is 11.5. The summed E-state index contributed by atoms with van der Waals surface area (Å²) in [5, 5.41) is 7.88. The zero-order valence-corrected chi connectivity index (χ0v) is 14.9. The van der Waals surface area contributed by atoms with Gasteiger partial charge in [-0.15, -0.1) is 0 Å². The molecule has 0 aliphatic rings. The number of likely N-dealkylation sites (N-methyl/N-ethyl adjacent to an activating group) is 1. The van der Waals surface area contributed by atoms with Gasteiger partial charge >= 0.3 is 6.18 Å². The van der Waals surface area contributed by atoms with Crippen LogP contribution in [-0.4, -0.2) is 37.4 Å². The summed E-state index contributed by atoms with van der Waals surface area (Å²) in [6.45, 7) is 7.92. The quantitative estimate of drug-likeness (QED) is 0.827. The van der Waals surface area contributed by atoms with E-state index in [9.17, 15) is 18.0 Å². The Bertz CT molecular complexity index is 762. The summed E-state index contributed by atoms with van der Waals surface area (Å²) >= 11 is 0. The number of hydrogen-bond acceptors (Lipinski definition) is 3. The maximum Gasteiger partial charge on any atom is 0.435 e. The van der Waals surface area contributed by atoms with E-state index in [4.69, 9.17) is 0 Å². The summed E-state index contributed by atoms with van der Waals surface area (Å²) in [6.07, 6.45) is -2.67. The number of amides is 1. The number of alkyl halides is 3. The number of nitrogens with zero attached hydrogens (tertiary/aromatic N) is 5. The van der Waals surface area contributed by atoms with Gasteiger partial charge in [-0.05, 0) is 33.8 Å². The number of aryl methyl sites for hydroxylation is 3. The van der Waals surface area contributed by atoms with Crippen LogP contribution in [0.25, 0.3) is 0 Å². The molecule has 0 radical (unpaired) electrons. The average Bonchev–Trinajstić information content (AvgIpc) is 3.08. The van der Waals surface area contributed by atoms with Crippen molar-refractivity contribution in [1.82, 2.24) is 24.5 Å². The van der Waals surface area contributed by atoms with Gasteiger partial charge in [-0.25, -0.2) is 0 Å². The third-order valence-electron chi connectivity index (χ3n) is 4.09. The maximum absolute atomic E-state index is 12.8. The molecule has 0 saturated heterocycles. The van der Waals surface area contributed by atoms with Crippen LogP contribution in [0.3, 0.4) is 0 Å². The Morgan fingerprint density at radius 3 is 2.44 bits per heavy atom. The number of carbonyl (C=O) groups is 1. The molecule has 0 fully saturated rings. The molecule has 2 aromatic rings. The highest BCUT2D eigenvalue weighted by Crippen LogP contribution is 2.29. The van der Waals surface area contributed by atoms with Gasteiger partial charge in [-0.1, -0.05) is 0 Å². The molecule has 6 nitrogen and oxygen atoms in total. The Labute approximate surface area is 144 Å². The van der Waals surface area contributed by atoms with Crippen molar-refractivity contribution in [3.8, 4) is 0 Å². The monoisotopic (exact) mass is 357 g/mol. The van der Waals surface area contributed by atoms with Crippen molar-refractivity contribution in [2.24, 2.45) is 0 Å². The molecule has 0 aromatic carbocycles. The van der Waals surface area contributed by atoms with Gasteiger partial charge in [0.25, 0.3) is 0 Å². The second-order valence-electron chi connectivity index (χ2n) is 6.08. The number of hydrogen-bond donors (Lipinski definition) is 0. The summed E-state index contributed by atoms with van der Waals surface area (Å²) in [7, 11) is 1.62. The van der Waals surface area contributed by atoms with Crippen LogP contribution in [0.1, 0.15) is 42.5 Å². The third-order valence-corrected chi connectivity index (χ3v) is 4.09. The van der Waals surface area contributed by atoms with Crippen LogP contribution >= 0.6 is 0 Å². The van der Waals surface area contributed by atoms with Crippen LogP contribution in [0.15, 0.2) is 12.3 Å². The Morgan fingerprint density at radius 2 is 1.96 bits per heavy atom. The predicted octanol–water partition coefficient (Wildman–Crippen LogP) is 2.95. The minimum Gasteiger partial charge on any atom is -0.339 e. The average molecular weight is 357 g/mol. The molecule has 0 aliphatic heterocycles. The largest absolute Gasteiger partial charge is 0.435 e. The highest BCUT2D eigenvalue weighted by atomic mass is 19.4. The van der Waals surface area contributed by atoms with E-state index in [-0.39, 0.29) is 11.6 Å². The molecule has 2 heterocycles. The molecule has 1 unspecified atom stereocenters. The lowest BCUT2D eigenvalue weighted by Crippen LogP contribution is -2.33. The molecule has 25 heavy (non-hydrogen) atoms. The standard InChI is InChI=1S/C16H22F3N5O/c1-6-23-9-13(11(3)20-23)8-22(5)15(25)12(4)24-10(2)7-14(21-24)16(17,18)19/h7,9,12H,6,8H2,1-5H3. The van der Waals surface area contributed by atoms with Crippen molar-refractivity contribution >= 4 is 5.91 Å². The van der Waals surface area contributed by atoms with Crippen molar-refractivity contribution in [2.75, 3.05) is 7.05 Å². The Kier molecular flexibility index (Phi) is 5.24. The Balaban J connectivity index is 2.16. The zero-order valence-electron chi connectivity index (χ0n) is 14.9. The second kappa shape index (κ2) is 6.89. The van der Waals surface area contributed by atoms with E-state index in [1.165, 1.54) is 11.8 Å². The highest BCUT2D eigenvalue weighted by molar-refractivity contribution is 5.79. The number of carbonyl (C=O) groups excluding carboxylic acids is 1. The minimum absolute atomic E-state index is 0.288. The van der Waals surface area contributed by atoms with E-state index < -0.39 is 17.9 Å². The van der Waals surface area contributed by atoms with Crippen LogP contribution in [-0.2, 0) is 24.1 Å². The lowest BCUT2D eigenvalue weighted by atomic mass is 10.2. The van der Waals surface area contributed by atoms with Crippen molar-refractivity contribution in [2.45, 2.75) is 53.0 Å². The fourth-order valence-corrected chi connectivity index (χ4v) is 2.65. The number of aromatic nitrogens is 4. The summed E-state index contributed by atoms with van der Waals surface area (Å²) in [5.74, 6) is -0.316. The van der Waals surface area contributed by atoms with Crippen LogP contribution in [0, 0.1) is 13.8 Å². The van der Waals surface area contributed by atoms with Crippen LogP contribution in [0.5, 0.6) is 0 Å². The Morgan fingerprint density at radius 1 is 1.32 bits per heavy atom. The molecule has 1 atom stereocenters. The third kappa shape index (κ3) is 4.02. The van der Waals surface area contributed by atoms with Crippen LogP contribution in [0.4, 0.5) is 13.2 Å². The first-order valence-electron chi connectivity index (χ1n) is 7.95. The normalized spacial score (nSPS) is 13.1. The van der Waals surface area contributed by atoms with E-state index in [2.05, 4.69) is 10.2 Å². The van der Waals surface area contributed by atoms with E-state index in [0.29, 0.717) is 6.54 Å². The molecule has 0 spiro atoms. The SMILES string of the molecule is CCn1cc(CN(C)C(=O)C(C)n2nc(C(F)(F)F)cc2C)c(C)n1. The molecule has 0 N–H and O–H groups in total. The first kappa shape index (κ1) is 19.0. The van der Waals surface area contributed by atoms with Gasteiger partial charge in [0.15, 0.2) is 5.69 Å². The lowest BCUT2D eigenvalue weighted by Gasteiger charge is -2.22. The summed E-state index contributed by atoms with van der Waals surface area (Å²) < 4.78 is 41.3. The van der Waals surface area contributed by atoms with Gasteiger partial charge in [0.1, 0.15) is 6.04 Å². The summed E-state index contributed by atoms with van der Waals surface area (Å²) in [4.78, 5) is 14.1. The van der Waals surface area contributed by atoms with E-state index in [1.807, 2.05) is 20.0 Å². The molecule has 0 bridgehead atoms. The molecule has 0 aliphatic carbocycles. The Hall–Kier alpha value is -2.32. The van der Waals surface area contributed by atoms with Gasteiger partial charge in [-0.3, -0.25) is 14.2 Å². The smallest absolute Gasteiger partial charge is 0.339 e. The molecule has 1 amide bonds. The molecule has 2 aromatic heterocycles. The predicted molar refractivity (Wildman–Crippen MR) is 85.8 cm³/mol. The fraction of sp³-hybridized carbons (Fsp3) is 0.562. The van der Waals surface area contributed by atoms with E-state index in [0.717, 1.165) is 28.6 Å². The number of rotatable bonds is 5. The summed E-state index contributed by atoms with van der Waals surface area (Å²) in [6, 6.07) is 0.113. The molecule has 9 heteroatoms. The highest BCUT2D eigenvalue weighted by Gasteiger charge is 2.35. The molecular formula is C16H22F3N5O. The van der Waals surface area contributed by atoms with Crippen molar-refractivity contribution in [1.29, 1.82) is 0 Å². The van der Waals surface area contributed by atoms with E-state index >= 15 is 0 Å². The van der Waals surface area contributed by atoms with Gasteiger partial charge in [0, 0.05) is 37.6 Å². The van der Waals surface area contributed by atoms with Gasteiger partial charge < -0.3 is 4.90 Å². The van der Waals surface area contributed by atoms with Gasteiger partial charge in [0.2, 0.25) is 5.91 Å². The van der Waals surface area contributed by atoms with Gasteiger partial charge in [0.05, 0.1) is 5.69 Å². The van der Waals surface area contributed by atoms with E-state index in [1.54, 1.807) is 18.7 Å². The van der Waals surface area contributed by atoms with Crippen LogP contribution in [0.2, 0.25) is 0 Å². The van der Waals surface area contributed by atoms with Crippen molar-refractivity contribution in [3.63, 3.8) is 0 Å². The van der Waals surface area contributed by atoms with Crippen LogP contribution < -0.4 is 0 Å². The van der Waals surface area contributed by atoms with Crippen molar-refractivity contribution in [3.05, 3.63) is 34.9 Å². The zero-order chi connectivity index (χ0) is 18.9. The van der Waals surface area contributed by atoms with Crippen molar-refractivity contribution < 1.29 is 18.0 Å².